The average Bonchev–Trinajstić information content (AvgIpc) is 2.80. The number of carbonyl (C=O) groups is 1. The molecule has 2 heterocycles. The van der Waals surface area contributed by atoms with Crippen molar-refractivity contribution in [2.24, 2.45) is 0 Å². The van der Waals surface area contributed by atoms with Crippen LogP contribution in [0.15, 0.2) is 42.7 Å². The number of methoxy groups -OCH3 is 1. The number of fused-ring (bicyclic) bond motifs is 1. The number of benzene rings is 2. The summed E-state index contributed by atoms with van der Waals surface area (Å²) in [6.07, 6.45) is -3.30. The molecule has 0 radical (unpaired) electrons. The molecule has 12 heteroatoms. The van der Waals surface area contributed by atoms with Gasteiger partial charge in [-0.25, -0.2) is 4.98 Å². The smallest absolute Gasteiger partial charge is 0.416 e. The molecular formula is C21H16ClF3N4O4. The summed E-state index contributed by atoms with van der Waals surface area (Å²) in [5, 5.41) is 5.65. The van der Waals surface area contributed by atoms with Gasteiger partial charge in [-0.3, -0.25) is 4.79 Å². The predicted octanol–water partition coefficient (Wildman–Crippen LogP) is 5.01. The maximum Gasteiger partial charge on any atom is 0.416 e. The molecule has 2 N–H and O–H groups in total. The van der Waals surface area contributed by atoms with E-state index in [0.717, 1.165) is 18.2 Å². The molecule has 1 aliphatic heterocycles. The minimum atomic E-state index is -4.58. The first-order valence-electron chi connectivity index (χ1n) is 9.52. The third kappa shape index (κ3) is 4.87. The summed E-state index contributed by atoms with van der Waals surface area (Å²) in [6.45, 7) is 0.949. The molecule has 0 unspecified atom stereocenters. The molecule has 0 atom stereocenters. The second-order valence-corrected chi connectivity index (χ2v) is 7.15. The lowest BCUT2D eigenvalue weighted by molar-refractivity contribution is -0.137. The largest absolute Gasteiger partial charge is 0.495 e. The van der Waals surface area contributed by atoms with Crippen LogP contribution in [0.1, 0.15) is 15.9 Å². The van der Waals surface area contributed by atoms with Gasteiger partial charge in [-0.2, -0.15) is 18.2 Å². The molecule has 1 amide bonds. The lowest BCUT2D eigenvalue weighted by atomic mass is 10.1. The quantitative estimate of drug-likeness (QED) is 0.530. The van der Waals surface area contributed by atoms with Gasteiger partial charge in [0.25, 0.3) is 11.8 Å². The zero-order valence-electron chi connectivity index (χ0n) is 17.0. The first-order chi connectivity index (χ1) is 15.8. The van der Waals surface area contributed by atoms with E-state index >= 15 is 0 Å². The Morgan fingerprint density at radius 1 is 1.18 bits per heavy atom. The molecule has 1 aromatic heterocycles. The van der Waals surface area contributed by atoms with Gasteiger partial charge in [-0.15, -0.1) is 0 Å². The Bertz CT molecular complexity index is 1210. The predicted molar refractivity (Wildman–Crippen MR) is 113 cm³/mol. The van der Waals surface area contributed by atoms with Crippen LogP contribution >= 0.6 is 11.6 Å². The van der Waals surface area contributed by atoms with Gasteiger partial charge < -0.3 is 24.8 Å². The van der Waals surface area contributed by atoms with E-state index in [1.807, 2.05) is 0 Å². The van der Waals surface area contributed by atoms with Crippen LogP contribution in [0.4, 0.5) is 24.7 Å². The van der Waals surface area contributed by atoms with E-state index in [1.165, 1.54) is 31.6 Å². The summed E-state index contributed by atoms with van der Waals surface area (Å²) < 4.78 is 55.6. The van der Waals surface area contributed by atoms with Crippen LogP contribution in [0.25, 0.3) is 0 Å². The lowest BCUT2D eigenvalue weighted by Crippen LogP contribution is -2.19. The Morgan fingerprint density at radius 3 is 2.76 bits per heavy atom. The Kier molecular flexibility index (Phi) is 6.14. The molecule has 2 aromatic carbocycles. The number of halogens is 4. The van der Waals surface area contributed by atoms with Crippen molar-refractivity contribution in [1.29, 1.82) is 0 Å². The molecule has 172 valence electrons. The Balaban J connectivity index is 1.60. The number of nitrogens with one attached hydrogen (secondary N) is 2. The number of hydrogen-bond acceptors (Lipinski definition) is 7. The van der Waals surface area contributed by atoms with E-state index < -0.39 is 17.6 Å². The Hall–Kier alpha value is -3.73. The Labute approximate surface area is 190 Å². The monoisotopic (exact) mass is 480 g/mol. The van der Waals surface area contributed by atoms with E-state index in [2.05, 4.69) is 20.6 Å². The number of amides is 1. The fourth-order valence-corrected chi connectivity index (χ4v) is 3.17. The maximum absolute atomic E-state index is 13.1. The fourth-order valence-electron chi connectivity index (χ4n) is 3.01. The van der Waals surface area contributed by atoms with Crippen molar-refractivity contribution in [2.75, 3.05) is 30.9 Å². The molecule has 8 nitrogen and oxygen atoms in total. The SMILES string of the molecule is COc1ccc(C(F)(F)F)cc1NC(=O)c1ccc(Cl)c(Oc2ncnc3c2OCCN3)c1. The molecule has 33 heavy (non-hydrogen) atoms. The van der Waals surface area contributed by atoms with E-state index in [0.29, 0.717) is 24.7 Å². The topological polar surface area (TPSA) is 94.6 Å². The number of nitrogens with zero attached hydrogens (tertiary/aromatic N) is 2. The van der Waals surface area contributed by atoms with Crippen LogP contribution < -0.4 is 24.8 Å². The van der Waals surface area contributed by atoms with Gasteiger partial charge in [-0.1, -0.05) is 11.6 Å². The van der Waals surface area contributed by atoms with Gasteiger partial charge in [0.2, 0.25) is 5.75 Å². The highest BCUT2D eigenvalue weighted by Crippen LogP contribution is 2.39. The number of hydrogen-bond donors (Lipinski definition) is 2. The van der Waals surface area contributed by atoms with Gasteiger partial charge in [-0.05, 0) is 36.4 Å². The number of anilines is 2. The summed E-state index contributed by atoms with van der Waals surface area (Å²) in [4.78, 5) is 20.9. The molecule has 0 saturated heterocycles. The fraction of sp³-hybridized carbons (Fsp3) is 0.190. The molecule has 0 fully saturated rings. The molecular weight excluding hydrogens is 465 g/mol. The van der Waals surface area contributed by atoms with Crippen LogP contribution in [-0.2, 0) is 6.18 Å². The average molecular weight is 481 g/mol. The van der Waals surface area contributed by atoms with Crippen LogP contribution in [0.3, 0.4) is 0 Å². The first-order valence-corrected chi connectivity index (χ1v) is 9.89. The van der Waals surface area contributed by atoms with Crippen molar-refractivity contribution in [1.82, 2.24) is 9.97 Å². The van der Waals surface area contributed by atoms with E-state index in [1.54, 1.807) is 0 Å². The maximum atomic E-state index is 13.1. The van der Waals surface area contributed by atoms with Gasteiger partial charge >= 0.3 is 6.18 Å². The van der Waals surface area contributed by atoms with E-state index in [4.69, 9.17) is 25.8 Å². The zero-order valence-corrected chi connectivity index (χ0v) is 17.8. The highest BCUT2D eigenvalue weighted by atomic mass is 35.5. The zero-order chi connectivity index (χ0) is 23.6. The standard InChI is InChI=1S/C21H16ClF3N4O4/c1-31-15-5-3-12(21(23,24)25)9-14(15)29-19(30)11-2-4-13(22)16(8-11)33-20-17-18(27-10-28-20)26-6-7-32-17/h2-5,8-10H,6-7H2,1H3,(H,29,30)(H,26,27,28). The molecule has 0 saturated carbocycles. The van der Waals surface area contributed by atoms with Gasteiger partial charge in [0.05, 0.1) is 29.9 Å². The molecule has 0 spiro atoms. The molecule has 1 aliphatic rings. The lowest BCUT2D eigenvalue weighted by Gasteiger charge is -2.19. The summed E-state index contributed by atoms with van der Waals surface area (Å²) in [6, 6.07) is 6.94. The van der Waals surface area contributed by atoms with Gasteiger partial charge in [0.15, 0.2) is 5.82 Å². The summed E-state index contributed by atoms with van der Waals surface area (Å²) >= 11 is 6.21. The molecule has 0 aliphatic carbocycles. The minimum absolute atomic E-state index is 0.0686. The van der Waals surface area contributed by atoms with Crippen molar-refractivity contribution in [3.63, 3.8) is 0 Å². The van der Waals surface area contributed by atoms with Gasteiger partial charge in [0.1, 0.15) is 24.4 Å². The van der Waals surface area contributed by atoms with Crippen molar-refractivity contribution in [3.8, 4) is 23.1 Å². The van der Waals surface area contributed by atoms with Crippen LogP contribution in [0, 0.1) is 0 Å². The van der Waals surface area contributed by atoms with Crippen molar-refractivity contribution in [2.45, 2.75) is 6.18 Å². The number of carbonyl (C=O) groups excluding carboxylic acids is 1. The van der Waals surface area contributed by atoms with E-state index in [9.17, 15) is 18.0 Å². The Morgan fingerprint density at radius 2 is 2.00 bits per heavy atom. The first kappa shape index (κ1) is 22.5. The summed E-state index contributed by atoms with van der Waals surface area (Å²) in [5.41, 5.74) is -0.990. The van der Waals surface area contributed by atoms with E-state index in [-0.39, 0.29) is 33.7 Å². The molecule has 3 aromatic rings. The third-order valence-corrected chi connectivity index (χ3v) is 4.90. The second kappa shape index (κ2) is 9.02. The second-order valence-electron chi connectivity index (χ2n) is 6.75. The molecule has 4 rings (SSSR count). The van der Waals surface area contributed by atoms with Gasteiger partial charge in [0, 0.05) is 5.56 Å². The highest BCUT2D eigenvalue weighted by Gasteiger charge is 2.31. The highest BCUT2D eigenvalue weighted by molar-refractivity contribution is 6.32. The normalized spacial score (nSPS) is 12.8. The third-order valence-electron chi connectivity index (χ3n) is 4.59. The van der Waals surface area contributed by atoms with Crippen molar-refractivity contribution >= 4 is 29.0 Å². The van der Waals surface area contributed by atoms with Crippen LogP contribution in [0.2, 0.25) is 5.02 Å². The summed E-state index contributed by atoms with van der Waals surface area (Å²) in [7, 11) is 1.28. The minimum Gasteiger partial charge on any atom is -0.495 e. The molecule has 0 bridgehead atoms. The number of alkyl halides is 3. The number of aromatic nitrogens is 2. The van der Waals surface area contributed by atoms with Crippen LogP contribution in [-0.4, -0.2) is 36.1 Å². The van der Waals surface area contributed by atoms with Crippen molar-refractivity contribution < 1.29 is 32.2 Å². The summed E-state index contributed by atoms with van der Waals surface area (Å²) in [5.74, 6) is 0.300. The van der Waals surface area contributed by atoms with Crippen molar-refractivity contribution in [3.05, 3.63) is 58.9 Å². The number of rotatable bonds is 5. The van der Waals surface area contributed by atoms with Crippen LogP contribution in [0.5, 0.6) is 23.1 Å². The number of ether oxygens (including phenoxy) is 3.